The van der Waals surface area contributed by atoms with Crippen molar-refractivity contribution in [3.8, 4) is 0 Å². The Morgan fingerprint density at radius 2 is 2.17 bits per heavy atom. The Bertz CT molecular complexity index is 455. The lowest BCUT2D eigenvalue weighted by Crippen LogP contribution is -2.23. The van der Waals surface area contributed by atoms with E-state index in [2.05, 4.69) is 23.8 Å². The van der Waals surface area contributed by atoms with Crippen LogP contribution in [0.4, 0.5) is 5.95 Å². The molecule has 1 heterocycles. The summed E-state index contributed by atoms with van der Waals surface area (Å²) in [4.78, 5) is 9.07. The zero-order valence-corrected chi connectivity index (χ0v) is 11.4. The Labute approximate surface area is 109 Å². The van der Waals surface area contributed by atoms with E-state index in [1.165, 1.54) is 49.1 Å². The predicted molar refractivity (Wildman–Crippen MR) is 73.6 cm³/mol. The van der Waals surface area contributed by atoms with E-state index in [1.54, 1.807) is 0 Å². The number of aryl methyl sites for hydroxylation is 1. The van der Waals surface area contributed by atoms with Gasteiger partial charge in [-0.3, -0.25) is 0 Å². The molecule has 0 saturated carbocycles. The number of nitrogens with zero attached hydrogens (tertiary/aromatic N) is 2. The fraction of sp³-hybridized carbons (Fsp3) is 0.733. The van der Waals surface area contributed by atoms with Gasteiger partial charge in [-0.2, -0.15) is 0 Å². The van der Waals surface area contributed by atoms with Crippen LogP contribution in [0.15, 0.2) is 0 Å². The molecule has 0 aliphatic heterocycles. The minimum absolute atomic E-state index is 0.486. The lowest BCUT2D eigenvalue weighted by atomic mass is 9.72. The van der Waals surface area contributed by atoms with E-state index in [-0.39, 0.29) is 0 Å². The SMILES string of the molecule is CCCC[C@@H]1c2nc(N)nc3c2[C@@H](CC3)C[C@H]1C. The molecule has 3 rings (SSSR count). The Kier molecular flexibility index (Phi) is 3.00. The maximum atomic E-state index is 5.89. The van der Waals surface area contributed by atoms with Crippen LogP contribution < -0.4 is 5.73 Å². The molecule has 0 bridgehead atoms. The normalized spacial score (nSPS) is 29.3. The Morgan fingerprint density at radius 3 is 2.94 bits per heavy atom. The molecule has 1 aromatic rings. The van der Waals surface area contributed by atoms with Gasteiger partial charge in [-0.25, -0.2) is 9.97 Å². The fourth-order valence-corrected chi connectivity index (χ4v) is 3.89. The first-order valence-corrected chi connectivity index (χ1v) is 7.36. The van der Waals surface area contributed by atoms with E-state index in [0.717, 1.165) is 12.3 Å². The zero-order valence-electron chi connectivity index (χ0n) is 11.4. The van der Waals surface area contributed by atoms with Gasteiger partial charge in [-0.05, 0) is 43.1 Å². The fourth-order valence-electron chi connectivity index (χ4n) is 3.89. The maximum absolute atomic E-state index is 5.89. The number of rotatable bonds is 3. The minimum atomic E-state index is 0.486. The van der Waals surface area contributed by atoms with Crippen molar-refractivity contribution in [3.05, 3.63) is 17.0 Å². The van der Waals surface area contributed by atoms with Crippen molar-refractivity contribution < 1.29 is 0 Å². The van der Waals surface area contributed by atoms with Gasteiger partial charge in [0.1, 0.15) is 0 Å². The van der Waals surface area contributed by atoms with Gasteiger partial charge in [0.15, 0.2) is 0 Å². The maximum Gasteiger partial charge on any atom is 0.220 e. The summed E-state index contributed by atoms with van der Waals surface area (Å²) in [5, 5.41) is 0. The standard InChI is InChI=1S/C15H23N3/c1-3-4-5-11-9(2)8-10-6-7-12-13(10)14(11)18-15(16)17-12/h9-11H,3-8H2,1-2H3,(H2,16,17,18)/t9-,10+,11+/m1/s1. The summed E-state index contributed by atoms with van der Waals surface area (Å²) >= 11 is 0. The molecule has 0 spiro atoms. The number of nitrogens with two attached hydrogens (primary N) is 1. The van der Waals surface area contributed by atoms with Crippen molar-refractivity contribution in [2.75, 3.05) is 5.73 Å². The first-order valence-electron chi connectivity index (χ1n) is 7.36. The van der Waals surface area contributed by atoms with Crippen LogP contribution in [0.25, 0.3) is 0 Å². The first-order chi connectivity index (χ1) is 8.70. The molecule has 0 aromatic carbocycles. The van der Waals surface area contributed by atoms with Gasteiger partial charge in [-0.1, -0.05) is 26.7 Å². The largest absolute Gasteiger partial charge is 0.368 e. The molecule has 3 nitrogen and oxygen atoms in total. The van der Waals surface area contributed by atoms with Crippen molar-refractivity contribution in [1.29, 1.82) is 0 Å². The number of hydrogen-bond acceptors (Lipinski definition) is 3. The molecule has 18 heavy (non-hydrogen) atoms. The molecule has 98 valence electrons. The third-order valence-corrected chi connectivity index (χ3v) is 4.77. The lowest BCUT2D eigenvalue weighted by molar-refractivity contribution is 0.334. The topological polar surface area (TPSA) is 51.8 Å². The lowest BCUT2D eigenvalue weighted by Gasteiger charge is -2.33. The molecule has 0 amide bonds. The Morgan fingerprint density at radius 1 is 1.33 bits per heavy atom. The van der Waals surface area contributed by atoms with Crippen LogP contribution in [0.5, 0.6) is 0 Å². The van der Waals surface area contributed by atoms with Gasteiger partial charge in [0.05, 0.1) is 5.69 Å². The average molecular weight is 245 g/mol. The number of aromatic nitrogens is 2. The van der Waals surface area contributed by atoms with Crippen molar-refractivity contribution in [2.45, 2.75) is 64.2 Å². The first kappa shape index (κ1) is 11.9. The highest BCUT2D eigenvalue weighted by molar-refractivity contribution is 5.42. The van der Waals surface area contributed by atoms with Crippen LogP contribution >= 0.6 is 0 Å². The second kappa shape index (κ2) is 4.52. The molecule has 0 fully saturated rings. The number of hydrogen-bond donors (Lipinski definition) is 1. The van der Waals surface area contributed by atoms with E-state index in [1.807, 2.05) is 0 Å². The van der Waals surface area contributed by atoms with Gasteiger partial charge in [0.2, 0.25) is 5.95 Å². The van der Waals surface area contributed by atoms with Crippen LogP contribution in [-0.4, -0.2) is 9.97 Å². The third kappa shape index (κ3) is 1.80. The quantitative estimate of drug-likeness (QED) is 0.888. The van der Waals surface area contributed by atoms with Crippen molar-refractivity contribution in [2.24, 2.45) is 5.92 Å². The monoisotopic (exact) mass is 245 g/mol. The molecule has 2 aliphatic carbocycles. The van der Waals surface area contributed by atoms with Crippen molar-refractivity contribution in [1.82, 2.24) is 9.97 Å². The molecule has 3 atom stereocenters. The highest BCUT2D eigenvalue weighted by atomic mass is 15.0. The van der Waals surface area contributed by atoms with E-state index < -0.39 is 0 Å². The molecular formula is C15H23N3. The third-order valence-electron chi connectivity index (χ3n) is 4.77. The molecular weight excluding hydrogens is 222 g/mol. The highest BCUT2D eigenvalue weighted by Gasteiger charge is 2.38. The second-order valence-electron chi connectivity index (χ2n) is 6.02. The zero-order chi connectivity index (χ0) is 12.7. The van der Waals surface area contributed by atoms with Crippen molar-refractivity contribution in [3.63, 3.8) is 0 Å². The smallest absolute Gasteiger partial charge is 0.220 e. The van der Waals surface area contributed by atoms with E-state index in [9.17, 15) is 0 Å². The molecule has 2 aliphatic rings. The Balaban J connectivity index is 2.02. The van der Waals surface area contributed by atoms with Gasteiger partial charge in [0.25, 0.3) is 0 Å². The van der Waals surface area contributed by atoms with Gasteiger partial charge in [-0.15, -0.1) is 0 Å². The molecule has 0 saturated heterocycles. The summed E-state index contributed by atoms with van der Waals surface area (Å²) in [5.74, 6) is 2.55. The summed E-state index contributed by atoms with van der Waals surface area (Å²) in [6.07, 6.45) is 7.49. The number of unbranched alkanes of at least 4 members (excludes halogenated alkanes) is 1. The van der Waals surface area contributed by atoms with Gasteiger partial charge < -0.3 is 5.73 Å². The van der Waals surface area contributed by atoms with Crippen molar-refractivity contribution >= 4 is 5.95 Å². The van der Waals surface area contributed by atoms with E-state index in [4.69, 9.17) is 5.73 Å². The second-order valence-corrected chi connectivity index (χ2v) is 6.02. The summed E-state index contributed by atoms with van der Waals surface area (Å²) < 4.78 is 0. The molecule has 3 heteroatoms. The molecule has 1 aromatic heterocycles. The average Bonchev–Trinajstić information content (AvgIpc) is 2.72. The van der Waals surface area contributed by atoms with Crippen LogP contribution in [0.1, 0.15) is 74.7 Å². The predicted octanol–water partition coefficient (Wildman–Crippen LogP) is 3.40. The van der Waals surface area contributed by atoms with E-state index >= 15 is 0 Å². The Hall–Kier alpha value is -1.12. The number of anilines is 1. The molecule has 0 unspecified atom stereocenters. The summed E-state index contributed by atoms with van der Waals surface area (Å²) in [6, 6.07) is 0. The minimum Gasteiger partial charge on any atom is -0.368 e. The number of nitrogen functional groups attached to an aromatic ring is 1. The molecule has 0 radical (unpaired) electrons. The van der Waals surface area contributed by atoms with Gasteiger partial charge in [0, 0.05) is 11.6 Å². The highest BCUT2D eigenvalue weighted by Crippen LogP contribution is 2.49. The van der Waals surface area contributed by atoms with Gasteiger partial charge >= 0.3 is 0 Å². The van der Waals surface area contributed by atoms with Crippen LogP contribution in [0, 0.1) is 5.92 Å². The summed E-state index contributed by atoms with van der Waals surface area (Å²) in [6.45, 7) is 4.65. The van der Waals surface area contributed by atoms with Crippen LogP contribution in [0.3, 0.4) is 0 Å². The van der Waals surface area contributed by atoms with Crippen LogP contribution in [0.2, 0.25) is 0 Å². The molecule has 2 N–H and O–H groups in total. The summed E-state index contributed by atoms with van der Waals surface area (Å²) in [5.41, 5.74) is 9.91. The summed E-state index contributed by atoms with van der Waals surface area (Å²) in [7, 11) is 0. The van der Waals surface area contributed by atoms with E-state index in [0.29, 0.717) is 17.8 Å². The van der Waals surface area contributed by atoms with Crippen LogP contribution in [-0.2, 0) is 6.42 Å².